The largest absolute Gasteiger partial charge is 0.383 e. The van der Waals surface area contributed by atoms with Crippen LogP contribution in [0.15, 0.2) is 0 Å². The third-order valence-electron chi connectivity index (χ3n) is 2.69. The maximum atomic E-state index is 11.7. The van der Waals surface area contributed by atoms with Gasteiger partial charge in [0.2, 0.25) is 0 Å². The van der Waals surface area contributed by atoms with E-state index >= 15 is 0 Å². The van der Waals surface area contributed by atoms with Gasteiger partial charge in [0.1, 0.15) is 0 Å². The molecule has 0 unspecified atom stereocenters. The number of amides is 2. The van der Waals surface area contributed by atoms with Crippen molar-refractivity contribution >= 4 is 6.03 Å². The first-order chi connectivity index (χ1) is 7.77. The Labute approximate surface area is 96.7 Å². The van der Waals surface area contributed by atoms with Crippen LogP contribution in [0.5, 0.6) is 0 Å². The molecule has 1 heterocycles. The number of ether oxygens (including phenoxy) is 1. The van der Waals surface area contributed by atoms with Crippen LogP contribution in [0.2, 0.25) is 0 Å². The number of piperazine rings is 1. The van der Waals surface area contributed by atoms with Crippen LogP contribution in [-0.2, 0) is 4.74 Å². The first-order valence-electron chi connectivity index (χ1n) is 5.72. The summed E-state index contributed by atoms with van der Waals surface area (Å²) in [6.45, 7) is 6.10. The van der Waals surface area contributed by atoms with Crippen molar-refractivity contribution in [1.82, 2.24) is 15.1 Å². The van der Waals surface area contributed by atoms with E-state index in [-0.39, 0.29) is 6.03 Å². The first-order valence-corrected chi connectivity index (χ1v) is 5.72. The van der Waals surface area contributed by atoms with E-state index in [0.717, 1.165) is 32.7 Å². The van der Waals surface area contributed by atoms with Gasteiger partial charge in [-0.15, -0.1) is 0 Å². The van der Waals surface area contributed by atoms with Crippen LogP contribution in [0.25, 0.3) is 0 Å². The molecule has 0 aromatic heterocycles. The van der Waals surface area contributed by atoms with Gasteiger partial charge < -0.3 is 20.7 Å². The highest BCUT2D eigenvalue weighted by molar-refractivity contribution is 5.74. The fourth-order valence-corrected chi connectivity index (χ4v) is 1.73. The smallest absolute Gasteiger partial charge is 0.317 e. The molecule has 0 spiro atoms. The molecule has 0 radical (unpaired) electrons. The van der Waals surface area contributed by atoms with Crippen LogP contribution in [0.4, 0.5) is 4.79 Å². The second-order valence-corrected chi connectivity index (χ2v) is 3.84. The lowest BCUT2D eigenvalue weighted by atomic mass is 10.3. The topological polar surface area (TPSA) is 70.8 Å². The highest BCUT2D eigenvalue weighted by Crippen LogP contribution is 2.00. The van der Waals surface area contributed by atoms with Crippen molar-refractivity contribution < 1.29 is 9.53 Å². The van der Waals surface area contributed by atoms with E-state index in [1.165, 1.54) is 0 Å². The first kappa shape index (κ1) is 13.2. The summed E-state index contributed by atoms with van der Waals surface area (Å²) in [4.78, 5) is 15.8. The Kier molecular flexibility index (Phi) is 6.14. The minimum Gasteiger partial charge on any atom is -0.383 e. The molecule has 3 N–H and O–H groups in total. The molecule has 1 rings (SSSR count). The number of hydrogen-bond acceptors (Lipinski definition) is 4. The zero-order chi connectivity index (χ0) is 11.8. The lowest BCUT2D eigenvalue weighted by Crippen LogP contribution is -2.52. The molecule has 0 saturated carbocycles. The molecule has 0 aromatic rings. The standard InChI is InChI=1S/C10H22N4O2/c1-16-9-3-12-10(15)14-7-5-13(4-2-11)6-8-14/h2-9,11H2,1H3,(H,12,15). The summed E-state index contributed by atoms with van der Waals surface area (Å²) in [7, 11) is 1.62. The van der Waals surface area contributed by atoms with Crippen molar-refractivity contribution in [3.63, 3.8) is 0 Å². The molecular formula is C10H22N4O2. The number of hydrogen-bond donors (Lipinski definition) is 2. The Balaban J connectivity index is 2.17. The molecule has 1 saturated heterocycles. The fourth-order valence-electron chi connectivity index (χ4n) is 1.73. The molecule has 0 bridgehead atoms. The van der Waals surface area contributed by atoms with Crippen molar-refractivity contribution in [1.29, 1.82) is 0 Å². The molecule has 94 valence electrons. The van der Waals surface area contributed by atoms with Crippen LogP contribution >= 0.6 is 0 Å². The van der Waals surface area contributed by atoms with E-state index in [0.29, 0.717) is 19.7 Å². The molecule has 0 aromatic carbocycles. The Bertz CT molecular complexity index is 205. The average Bonchev–Trinajstić information content (AvgIpc) is 2.30. The van der Waals surface area contributed by atoms with Gasteiger partial charge in [0.15, 0.2) is 0 Å². The van der Waals surface area contributed by atoms with Gasteiger partial charge in [-0.2, -0.15) is 0 Å². The van der Waals surface area contributed by atoms with Gasteiger partial charge in [-0.3, -0.25) is 4.90 Å². The molecule has 0 aliphatic carbocycles. The summed E-state index contributed by atoms with van der Waals surface area (Å²) in [5.41, 5.74) is 5.49. The highest BCUT2D eigenvalue weighted by atomic mass is 16.5. The molecule has 16 heavy (non-hydrogen) atoms. The highest BCUT2D eigenvalue weighted by Gasteiger charge is 2.19. The van der Waals surface area contributed by atoms with Crippen LogP contribution in [0.3, 0.4) is 0 Å². The number of urea groups is 1. The summed E-state index contributed by atoms with van der Waals surface area (Å²) in [6, 6.07) is 0.00412. The van der Waals surface area contributed by atoms with Crippen molar-refractivity contribution in [3.05, 3.63) is 0 Å². The summed E-state index contributed by atoms with van der Waals surface area (Å²) in [5.74, 6) is 0. The van der Waals surface area contributed by atoms with Crippen molar-refractivity contribution in [2.45, 2.75) is 0 Å². The molecular weight excluding hydrogens is 208 g/mol. The van der Waals surface area contributed by atoms with Gasteiger partial charge >= 0.3 is 6.03 Å². The van der Waals surface area contributed by atoms with E-state index in [9.17, 15) is 4.79 Å². The Morgan fingerprint density at radius 3 is 2.62 bits per heavy atom. The molecule has 6 nitrogen and oxygen atoms in total. The zero-order valence-corrected chi connectivity index (χ0v) is 9.95. The Morgan fingerprint density at radius 2 is 2.06 bits per heavy atom. The van der Waals surface area contributed by atoms with E-state index in [4.69, 9.17) is 10.5 Å². The fraction of sp³-hybridized carbons (Fsp3) is 0.900. The second-order valence-electron chi connectivity index (χ2n) is 3.84. The summed E-state index contributed by atoms with van der Waals surface area (Å²) in [6.07, 6.45) is 0. The average molecular weight is 230 g/mol. The number of methoxy groups -OCH3 is 1. The maximum absolute atomic E-state index is 11.7. The summed E-state index contributed by atoms with van der Waals surface area (Å²) < 4.78 is 4.87. The summed E-state index contributed by atoms with van der Waals surface area (Å²) >= 11 is 0. The maximum Gasteiger partial charge on any atom is 0.317 e. The van der Waals surface area contributed by atoms with E-state index in [1.807, 2.05) is 4.90 Å². The molecule has 0 atom stereocenters. The predicted octanol–water partition coefficient (Wildman–Crippen LogP) is -1.08. The molecule has 2 amide bonds. The van der Waals surface area contributed by atoms with Crippen LogP contribution < -0.4 is 11.1 Å². The normalized spacial score (nSPS) is 17.5. The van der Waals surface area contributed by atoms with Gasteiger partial charge in [0.25, 0.3) is 0 Å². The number of carbonyl (C=O) groups is 1. The number of rotatable bonds is 5. The minimum atomic E-state index is 0.00412. The Hall–Kier alpha value is -0.850. The number of nitrogens with one attached hydrogen (secondary N) is 1. The quantitative estimate of drug-likeness (QED) is 0.589. The van der Waals surface area contributed by atoms with Crippen molar-refractivity contribution in [3.8, 4) is 0 Å². The van der Waals surface area contributed by atoms with Gasteiger partial charge in [-0.25, -0.2) is 4.79 Å². The van der Waals surface area contributed by atoms with Gasteiger partial charge in [0, 0.05) is 52.9 Å². The van der Waals surface area contributed by atoms with E-state index < -0.39 is 0 Å². The third-order valence-corrected chi connectivity index (χ3v) is 2.69. The van der Waals surface area contributed by atoms with Crippen LogP contribution in [0.1, 0.15) is 0 Å². The van der Waals surface area contributed by atoms with Gasteiger partial charge in [0.05, 0.1) is 6.61 Å². The number of nitrogens with zero attached hydrogens (tertiary/aromatic N) is 2. The molecule has 1 aliphatic heterocycles. The third kappa shape index (κ3) is 4.34. The van der Waals surface area contributed by atoms with Crippen molar-refractivity contribution in [2.75, 3.05) is 59.5 Å². The molecule has 6 heteroatoms. The number of nitrogens with two attached hydrogens (primary N) is 1. The van der Waals surface area contributed by atoms with Gasteiger partial charge in [-0.05, 0) is 0 Å². The van der Waals surface area contributed by atoms with E-state index in [2.05, 4.69) is 10.2 Å². The number of carbonyl (C=O) groups excluding carboxylic acids is 1. The summed E-state index contributed by atoms with van der Waals surface area (Å²) in [5, 5.41) is 2.82. The zero-order valence-electron chi connectivity index (χ0n) is 9.95. The lowest BCUT2D eigenvalue weighted by Gasteiger charge is -2.34. The van der Waals surface area contributed by atoms with Crippen molar-refractivity contribution in [2.24, 2.45) is 5.73 Å². The molecule has 1 fully saturated rings. The predicted molar refractivity (Wildman–Crippen MR) is 62.3 cm³/mol. The monoisotopic (exact) mass is 230 g/mol. The minimum absolute atomic E-state index is 0.00412. The van der Waals surface area contributed by atoms with E-state index in [1.54, 1.807) is 7.11 Å². The lowest BCUT2D eigenvalue weighted by molar-refractivity contribution is 0.137. The van der Waals surface area contributed by atoms with Crippen LogP contribution in [0, 0.1) is 0 Å². The van der Waals surface area contributed by atoms with Gasteiger partial charge in [-0.1, -0.05) is 0 Å². The Morgan fingerprint density at radius 1 is 1.38 bits per heavy atom. The molecule has 1 aliphatic rings. The SMILES string of the molecule is COCCNC(=O)N1CCN(CCN)CC1. The second kappa shape index (κ2) is 7.43. The van der Waals surface area contributed by atoms with Crippen LogP contribution in [-0.4, -0.2) is 75.4 Å².